The van der Waals surface area contributed by atoms with Gasteiger partial charge in [-0.05, 0) is 18.6 Å². The van der Waals surface area contributed by atoms with Gasteiger partial charge in [0.15, 0.2) is 5.78 Å². The zero-order chi connectivity index (χ0) is 13.0. The summed E-state index contributed by atoms with van der Waals surface area (Å²) in [6.07, 6.45) is 0. The van der Waals surface area contributed by atoms with E-state index in [0.717, 1.165) is 10.5 Å². The quantitative estimate of drug-likeness (QED) is 0.790. The number of hydrogen-bond acceptors (Lipinski definition) is 2. The van der Waals surface area contributed by atoms with Crippen LogP contribution < -0.4 is 0 Å². The summed E-state index contributed by atoms with van der Waals surface area (Å²) in [5.41, 5.74) is 1.57. The molecular weight excluding hydrogens is 244 g/mol. The van der Waals surface area contributed by atoms with Crippen LogP contribution in [-0.4, -0.2) is 15.7 Å². The molecule has 0 heterocycles. The van der Waals surface area contributed by atoms with E-state index in [1.54, 1.807) is 12.1 Å². The summed E-state index contributed by atoms with van der Waals surface area (Å²) in [4.78, 5) is 12.7. The van der Waals surface area contributed by atoms with E-state index in [4.69, 9.17) is 0 Å². The number of hydrogen-bond donors (Lipinski definition) is 0. The number of Topliss-reactive ketones (excluding diaryl/α,β-unsaturated/α-hetero) is 1. The highest BCUT2D eigenvalue weighted by Gasteiger charge is 2.13. The second-order valence-electron chi connectivity index (χ2n) is 4.04. The Balaban J connectivity index is 2.14. The van der Waals surface area contributed by atoms with Crippen LogP contribution in [0.15, 0.2) is 59.5 Å². The molecule has 0 aromatic heterocycles. The van der Waals surface area contributed by atoms with Crippen LogP contribution in [0.3, 0.4) is 0 Å². The average molecular weight is 258 g/mol. The van der Waals surface area contributed by atoms with Crippen molar-refractivity contribution in [2.24, 2.45) is 0 Å². The molecule has 0 radical (unpaired) electrons. The molecule has 0 saturated carbocycles. The molecule has 2 rings (SSSR count). The Morgan fingerprint density at radius 2 is 1.61 bits per heavy atom. The summed E-state index contributed by atoms with van der Waals surface area (Å²) in [5, 5.41) is 0. The molecule has 0 amide bonds. The first-order valence-electron chi connectivity index (χ1n) is 5.71. The molecule has 2 aromatic carbocycles. The summed E-state index contributed by atoms with van der Waals surface area (Å²) < 4.78 is 12.1. The SMILES string of the molecule is Cc1ccccc1S(=O)CC(=O)c1ccccc1. The van der Waals surface area contributed by atoms with Crippen LogP contribution in [0, 0.1) is 6.92 Å². The van der Waals surface area contributed by atoms with Crippen molar-refractivity contribution < 1.29 is 9.00 Å². The Labute approximate surface area is 109 Å². The number of rotatable bonds is 4. The van der Waals surface area contributed by atoms with E-state index in [2.05, 4.69) is 0 Å². The van der Waals surface area contributed by atoms with Crippen LogP contribution in [0.2, 0.25) is 0 Å². The van der Waals surface area contributed by atoms with Gasteiger partial charge in [-0.3, -0.25) is 9.00 Å². The van der Waals surface area contributed by atoms with Crippen molar-refractivity contribution >= 4 is 16.6 Å². The molecule has 0 aliphatic carbocycles. The van der Waals surface area contributed by atoms with Gasteiger partial charge in [0, 0.05) is 10.5 Å². The van der Waals surface area contributed by atoms with Crippen molar-refractivity contribution in [3.8, 4) is 0 Å². The lowest BCUT2D eigenvalue weighted by atomic mass is 10.2. The molecule has 0 fully saturated rings. The maximum absolute atomic E-state index is 12.1. The molecule has 0 aliphatic heterocycles. The number of aryl methyl sites for hydroxylation is 1. The Morgan fingerprint density at radius 3 is 2.28 bits per heavy atom. The highest BCUT2D eigenvalue weighted by Crippen LogP contribution is 2.13. The van der Waals surface area contributed by atoms with Crippen LogP contribution in [0.5, 0.6) is 0 Å². The highest BCUT2D eigenvalue weighted by atomic mass is 32.2. The minimum Gasteiger partial charge on any atom is -0.293 e. The van der Waals surface area contributed by atoms with Gasteiger partial charge in [-0.2, -0.15) is 0 Å². The van der Waals surface area contributed by atoms with Gasteiger partial charge < -0.3 is 0 Å². The summed E-state index contributed by atoms with van der Waals surface area (Å²) in [7, 11) is -1.28. The fourth-order valence-electron chi connectivity index (χ4n) is 1.72. The molecule has 18 heavy (non-hydrogen) atoms. The lowest BCUT2D eigenvalue weighted by Crippen LogP contribution is -2.11. The van der Waals surface area contributed by atoms with Crippen LogP contribution in [-0.2, 0) is 10.8 Å². The molecule has 92 valence electrons. The van der Waals surface area contributed by atoms with Gasteiger partial charge in [0.05, 0.1) is 16.6 Å². The smallest absolute Gasteiger partial charge is 0.175 e. The van der Waals surface area contributed by atoms with Crippen molar-refractivity contribution in [2.45, 2.75) is 11.8 Å². The maximum atomic E-state index is 12.1. The normalized spacial score (nSPS) is 12.1. The third kappa shape index (κ3) is 2.93. The molecule has 3 heteroatoms. The van der Waals surface area contributed by atoms with Gasteiger partial charge in [0.25, 0.3) is 0 Å². The Bertz CT molecular complexity index is 576. The molecule has 0 aliphatic rings. The lowest BCUT2D eigenvalue weighted by Gasteiger charge is -2.05. The first kappa shape index (κ1) is 12.7. The second kappa shape index (κ2) is 5.74. The van der Waals surface area contributed by atoms with Crippen molar-refractivity contribution in [1.82, 2.24) is 0 Å². The fraction of sp³-hybridized carbons (Fsp3) is 0.133. The van der Waals surface area contributed by atoms with Crippen molar-refractivity contribution in [1.29, 1.82) is 0 Å². The Hall–Kier alpha value is -1.74. The summed E-state index contributed by atoms with van der Waals surface area (Å²) >= 11 is 0. The predicted octanol–water partition coefficient (Wildman–Crippen LogP) is 2.99. The van der Waals surface area contributed by atoms with E-state index >= 15 is 0 Å². The molecule has 2 aromatic rings. The van der Waals surface area contributed by atoms with Crippen LogP contribution in [0.25, 0.3) is 0 Å². The zero-order valence-electron chi connectivity index (χ0n) is 10.1. The van der Waals surface area contributed by atoms with E-state index in [1.807, 2.05) is 49.4 Å². The molecule has 1 unspecified atom stereocenters. The van der Waals surface area contributed by atoms with Crippen LogP contribution >= 0.6 is 0 Å². The lowest BCUT2D eigenvalue weighted by molar-refractivity contribution is 0.102. The third-order valence-corrected chi connectivity index (χ3v) is 4.17. The Morgan fingerprint density at radius 1 is 1.00 bits per heavy atom. The minimum atomic E-state index is -1.28. The molecule has 0 bridgehead atoms. The second-order valence-corrected chi connectivity index (χ2v) is 5.46. The Kier molecular flexibility index (Phi) is 4.05. The first-order chi connectivity index (χ1) is 8.68. The standard InChI is InChI=1S/C15H14O2S/c1-12-7-5-6-10-15(12)18(17)11-14(16)13-8-3-2-4-9-13/h2-10H,11H2,1H3. The molecule has 0 N–H and O–H groups in total. The highest BCUT2D eigenvalue weighted by molar-refractivity contribution is 7.85. The summed E-state index contributed by atoms with van der Waals surface area (Å²) in [6.45, 7) is 1.90. The summed E-state index contributed by atoms with van der Waals surface area (Å²) in [6, 6.07) is 16.4. The van der Waals surface area contributed by atoms with E-state index in [-0.39, 0.29) is 11.5 Å². The number of ketones is 1. The monoisotopic (exact) mass is 258 g/mol. The maximum Gasteiger partial charge on any atom is 0.175 e. The fourth-order valence-corrected chi connectivity index (χ4v) is 2.93. The van der Waals surface area contributed by atoms with Gasteiger partial charge in [-0.15, -0.1) is 0 Å². The van der Waals surface area contributed by atoms with Crippen molar-refractivity contribution in [3.05, 3.63) is 65.7 Å². The molecule has 0 saturated heterocycles. The van der Waals surface area contributed by atoms with Gasteiger partial charge >= 0.3 is 0 Å². The van der Waals surface area contributed by atoms with Gasteiger partial charge in [-0.25, -0.2) is 0 Å². The van der Waals surface area contributed by atoms with E-state index in [0.29, 0.717) is 5.56 Å². The van der Waals surface area contributed by atoms with E-state index in [1.165, 1.54) is 0 Å². The van der Waals surface area contributed by atoms with Gasteiger partial charge in [0.2, 0.25) is 0 Å². The first-order valence-corrected chi connectivity index (χ1v) is 7.02. The van der Waals surface area contributed by atoms with Crippen molar-refractivity contribution in [2.75, 3.05) is 5.75 Å². The van der Waals surface area contributed by atoms with Crippen molar-refractivity contribution in [3.63, 3.8) is 0 Å². The topological polar surface area (TPSA) is 34.1 Å². The van der Waals surface area contributed by atoms with Gasteiger partial charge in [-0.1, -0.05) is 48.5 Å². The number of carbonyl (C=O) groups is 1. The molecule has 0 spiro atoms. The predicted molar refractivity (Wildman–Crippen MR) is 73.2 cm³/mol. The van der Waals surface area contributed by atoms with Crippen LogP contribution in [0.1, 0.15) is 15.9 Å². The van der Waals surface area contributed by atoms with Gasteiger partial charge in [0.1, 0.15) is 0 Å². The van der Waals surface area contributed by atoms with E-state index in [9.17, 15) is 9.00 Å². The molecular formula is C15H14O2S. The third-order valence-electron chi connectivity index (χ3n) is 2.70. The summed E-state index contributed by atoms with van der Waals surface area (Å²) in [5.74, 6) is -0.0494. The minimum absolute atomic E-state index is 0.0366. The number of benzene rings is 2. The molecule has 2 nitrogen and oxygen atoms in total. The number of carbonyl (C=O) groups excluding carboxylic acids is 1. The van der Waals surface area contributed by atoms with E-state index < -0.39 is 10.8 Å². The largest absolute Gasteiger partial charge is 0.293 e. The van der Waals surface area contributed by atoms with Crippen LogP contribution in [0.4, 0.5) is 0 Å². The zero-order valence-corrected chi connectivity index (χ0v) is 10.9. The molecule has 1 atom stereocenters. The average Bonchev–Trinajstić information content (AvgIpc) is 2.40.